The smallest absolute Gasteiger partial charge is 0.257 e. The summed E-state index contributed by atoms with van der Waals surface area (Å²) in [6.45, 7) is 5.82. The highest BCUT2D eigenvalue weighted by atomic mass is 16.3. The van der Waals surface area contributed by atoms with Crippen LogP contribution in [0.5, 0.6) is 0 Å². The minimum Gasteiger partial charge on any atom is -0.466 e. The quantitative estimate of drug-likeness (QED) is 0.754. The molecule has 2 saturated heterocycles. The Morgan fingerprint density at radius 1 is 1.29 bits per heavy atom. The molecule has 0 aromatic carbocycles. The molecule has 2 aliphatic rings. The zero-order valence-corrected chi connectivity index (χ0v) is 18.1. The highest BCUT2D eigenvalue weighted by Crippen LogP contribution is 2.28. The molecular weight excluding hydrogens is 396 g/mol. The molecule has 0 aliphatic carbocycles. The van der Waals surface area contributed by atoms with Gasteiger partial charge in [-0.25, -0.2) is 0 Å². The van der Waals surface area contributed by atoms with E-state index < -0.39 is 6.10 Å². The van der Waals surface area contributed by atoms with Crippen LogP contribution in [0.25, 0.3) is 0 Å². The molecular formula is C23H30N4O4. The van der Waals surface area contributed by atoms with Crippen molar-refractivity contribution in [3.8, 4) is 0 Å². The number of rotatable bonds is 5. The lowest BCUT2D eigenvalue weighted by Crippen LogP contribution is -2.52. The Morgan fingerprint density at radius 3 is 2.71 bits per heavy atom. The van der Waals surface area contributed by atoms with Crippen molar-refractivity contribution in [2.45, 2.75) is 57.8 Å². The fraction of sp³-hybridized carbons (Fsp3) is 0.522. The zero-order valence-electron chi connectivity index (χ0n) is 18.1. The van der Waals surface area contributed by atoms with Crippen molar-refractivity contribution >= 4 is 11.8 Å². The molecule has 2 aromatic rings. The minimum absolute atomic E-state index is 0.0000188. The van der Waals surface area contributed by atoms with E-state index in [4.69, 9.17) is 4.42 Å². The summed E-state index contributed by atoms with van der Waals surface area (Å²) < 4.78 is 5.50. The molecule has 4 rings (SSSR count). The van der Waals surface area contributed by atoms with E-state index in [0.29, 0.717) is 43.9 Å². The Hall–Kier alpha value is -2.71. The van der Waals surface area contributed by atoms with Crippen LogP contribution in [0.1, 0.15) is 46.7 Å². The SMILES string of the molecule is Cc1cc(C(=O)N2CCC(N3C[C@H](O)C[C@H]3C(=O)NCc3cccnc3)CC2)c(C)o1. The van der Waals surface area contributed by atoms with Crippen molar-refractivity contribution in [1.29, 1.82) is 0 Å². The molecule has 2 atom stereocenters. The number of aryl methyl sites for hydroxylation is 2. The molecule has 4 heterocycles. The number of pyridine rings is 1. The molecule has 0 bridgehead atoms. The predicted molar refractivity (Wildman–Crippen MR) is 114 cm³/mol. The van der Waals surface area contributed by atoms with Gasteiger partial charge in [0.15, 0.2) is 0 Å². The van der Waals surface area contributed by atoms with Gasteiger partial charge in [-0.1, -0.05) is 6.07 Å². The van der Waals surface area contributed by atoms with Gasteiger partial charge in [-0.3, -0.25) is 19.5 Å². The average molecular weight is 427 g/mol. The standard InChI is InChI=1S/C23H30N4O4/c1-15-10-20(16(2)31-15)23(30)26-8-5-18(6-9-26)27-14-19(28)11-21(27)22(29)25-13-17-4-3-7-24-12-17/h3-4,7,10,12,18-19,21,28H,5-6,8-9,11,13-14H2,1-2H3,(H,25,29)/t19-,21+/m1/s1. The number of likely N-dealkylation sites (tertiary alicyclic amines) is 2. The number of aliphatic hydroxyl groups excluding tert-OH is 1. The second kappa shape index (κ2) is 9.20. The molecule has 2 aromatic heterocycles. The van der Waals surface area contributed by atoms with Gasteiger partial charge >= 0.3 is 0 Å². The van der Waals surface area contributed by atoms with E-state index in [9.17, 15) is 14.7 Å². The second-order valence-electron chi connectivity index (χ2n) is 8.53. The van der Waals surface area contributed by atoms with E-state index in [0.717, 1.165) is 24.2 Å². The van der Waals surface area contributed by atoms with E-state index in [1.807, 2.05) is 30.9 Å². The number of hydrogen-bond acceptors (Lipinski definition) is 6. The Bertz CT molecular complexity index is 921. The fourth-order valence-electron chi connectivity index (χ4n) is 4.72. The summed E-state index contributed by atoms with van der Waals surface area (Å²) in [5.41, 5.74) is 1.57. The molecule has 166 valence electrons. The average Bonchev–Trinajstić information content (AvgIpc) is 3.33. The van der Waals surface area contributed by atoms with Crippen molar-refractivity contribution in [3.63, 3.8) is 0 Å². The van der Waals surface area contributed by atoms with Crippen LogP contribution >= 0.6 is 0 Å². The van der Waals surface area contributed by atoms with Crippen LogP contribution in [0, 0.1) is 13.8 Å². The van der Waals surface area contributed by atoms with Crippen LogP contribution < -0.4 is 5.32 Å². The number of furan rings is 1. The summed E-state index contributed by atoms with van der Waals surface area (Å²) in [5, 5.41) is 13.2. The van der Waals surface area contributed by atoms with Gasteiger partial charge in [0.2, 0.25) is 5.91 Å². The summed E-state index contributed by atoms with van der Waals surface area (Å²) in [4.78, 5) is 33.8. The largest absolute Gasteiger partial charge is 0.466 e. The van der Waals surface area contributed by atoms with Crippen LogP contribution in [0.15, 0.2) is 35.0 Å². The minimum atomic E-state index is -0.509. The monoisotopic (exact) mass is 426 g/mol. The van der Waals surface area contributed by atoms with Gasteiger partial charge < -0.3 is 19.7 Å². The van der Waals surface area contributed by atoms with Gasteiger partial charge in [0.05, 0.1) is 17.7 Å². The lowest BCUT2D eigenvalue weighted by atomic mass is 10.0. The van der Waals surface area contributed by atoms with Gasteiger partial charge in [-0.15, -0.1) is 0 Å². The van der Waals surface area contributed by atoms with Crippen molar-refractivity contribution < 1.29 is 19.1 Å². The lowest BCUT2D eigenvalue weighted by Gasteiger charge is -2.38. The number of carbonyl (C=O) groups excluding carboxylic acids is 2. The van der Waals surface area contributed by atoms with E-state index in [1.54, 1.807) is 18.5 Å². The first-order chi connectivity index (χ1) is 14.9. The van der Waals surface area contributed by atoms with Gasteiger partial charge in [-0.05, 0) is 50.8 Å². The third kappa shape index (κ3) is 4.80. The summed E-state index contributed by atoms with van der Waals surface area (Å²) in [5.74, 6) is 1.32. The third-order valence-corrected chi connectivity index (χ3v) is 6.30. The fourth-order valence-corrected chi connectivity index (χ4v) is 4.72. The molecule has 0 saturated carbocycles. The normalized spacial score (nSPS) is 22.6. The van der Waals surface area contributed by atoms with Crippen molar-refractivity contribution in [2.24, 2.45) is 0 Å². The molecule has 8 heteroatoms. The maximum absolute atomic E-state index is 12.9. The maximum Gasteiger partial charge on any atom is 0.257 e. The maximum atomic E-state index is 12.9. The third-order valence-electron chi connectivity index (χ3n) is 6.30. The highest BCUT2D eigenvalue weighted by molar-refractivity contribution is 5.95. The molecule has 0 spiro atoms. The zero-order chi connectivity index (χ0) is 22.0. The molecule has 31 heavy (non-hydrogen) atoms. The number of aromatic nitrogens is 1. The highest BCUT2D eigenvalue weighted by Gasteiger charge is 2.41. The predicted octanol–water partition coefficient (Wildman–Crippen LogP) is 1.65. The van der Waals surface area contributed by atoms with Crippen molar-refractivity contribution in [2.75, 3.05) is 19.6 Å². The number of carbonyl (C=O) groups is 2. The van der Waals surface area contributed by atoms with E-state index in [2.05, 4.69) is 15.2 Å². The Labute approximate surface area is 182 Å². The number of piperidine rings is 1. The number of hydrogen-bond donors (Lipinski definition) is 2. The Morgan fingerprint density at radius 2 is 2.06 bits per heavy atom. The topological polar surface area (TPSA) is 98.9 Å². The van der Waals surface area contributed by atoms with Gasteiger partial charge in [0, 0.05) is 44.6 Å². The van der Waals surface area contributed by atoms with Gasteiger partial charge in [0.25, 0.3) is 5.91 Å². The number of nitrogens with zero attached hydrogens (tertiary/aromatic N) is 3. The number of aliphatic hydroxyl groups is 1. The van der Waals surface area contributed by atoms with Crippen LogP contribution in [0.2, 0.25) is 0 Å². The van der Waals surface area contributed by atoms with E-state index in [-0.39, 0.29) is 23.9 Å². The van der Waals surface area contributed by atoms with E-state index in [1.165, 1.54) is 0 Å². The van der Waals surface area contributed by atoms with Crippen LogP contribution in [-0.2, 0) is 11.3 Å². The Kier molecular flexibility index (Phi) is 6.38. The molecule has 2 fully saturated rings. The molecule has 8 nitrogen and oxygen atoms in total. The van der Waals surface area contributed by atoms with Gasteiger partial charge in [-0.2, -0.15) is 0 Å². The molecule has 0 radical (unpaired) electrons. The first-order valence-electron chi connectivity index (χ1n) is 10.9. The summed E-state index contributed by atoms with van der Waals surface area (Å²) in [6.07, 6.45) is 4.92. The number of amides is 2. The lowest BCUT2D eigenvalue weighted by molar-refractivity contribution is -0.126. The van der Waals surface area contributed by atoms with Crippen LogP contribution in [0.4, 0.5) is 0 Å². The summed E-state index contributed by atoms with van der Waals surface area (Å²) >= 11 is 0. The molecule has 2 aliphatic heterocycles. The first kappa shape index (κ1) is 21.5. The van der Waals surface area contributed by atoms with Crippen molar-refractivity contribution in [3.05, 3.63) is 53.2 Å². The number of nitrogens with one attached hydrogen (secondary N) is 1. The van der Waals surface area contributed by atoms with Crippen LogP contribution in [0.3, 0.4) is 0 Å². The van der Waals surface area contributed by atoms with Crippen LogP contribution in [-0.4, -0.2) is 69.5 Å². The number of β-amino-alcohol motifs (C(OH)–C–C–N with tert-alkyl or cyclic N) is 1. The molecule has 0 unspecified atom stereocenters. The van der Waals surface area contributed by atoms with Gasteiger partial charge in [0.1, 0.15) is 11.5 Å². The summed E-state index contributed by atoms with van der Waals surface area (Å²) in [6, 6.07) is 5.38. The molecule has 2 N–H and O–H groups in total. The molecule has 2 amide bonds. The summed E-state index contributed by atoms with van der Waals surface area (Å²) in [7, 11) is 0. The van der Waals surface area contributed by atoms with E-state index >= 15 is 0 Å². The van der Waals surface area contributed by atoms with Crippen molar-refractivity contribution in [1.82, 2.24) is 20.1 Å². The Balaban J connectivity index is 1.34. The second-order valence-corrected chi connectivity index (χ2v) is 8.53. The first-order valence-corrected chi connectivity index (χ1v) is 10.9.